The maximum atomic E-state index is 12.0. The van der Waals surface area contributed by atoms with Gasteiger partial charge in [-0.05, 0) is 42.9 Å². The van der Waals surface area contributed by atoms with Crippen molar-refractivity contribution < 1.29 is 18.9 Å². The predicted octanol–water partition coefficient (Wildman–Crippen LogP) is 6.77. The first-order valence-corrected chi connectivity index (χ1v) is 11.5. The summed E-state index contributed by atoms with van der Waals surface area (Å²) in [6, 6.07) is 24.8. The van der Waals surface area contributed by atoms with Crippen LogP contribution in [0.15, 0.2) is 72.8 Å². The van der Waals surface area contributed by atoms with E-state index in [0.717, 1.165) is 16.7 Å². The zero-order valence-corrected chi connectivity index (χ0v) is 20.7. The van der Waals surface area contributed by atoms with Crippen molar-refractivity contribution in [2.24, 2.45) is 0 Å². The van der Waals surface area contributed by atoms with Crippen molar-refractivity contribution in [1.29, 1.82) is 0 Å². The van der Waals surface area contributed by atoms with E-state index in [2.05, 4.69) is 69.3 Å². The minimum absolute atomic E-state index is 0.130. The van der Waals surface area contributed by atoms with Crippen molar-refractivity contribution in [2.75, 3.05) is 0 Å². The molecule has 170 valence electrons. The normalized spacial score (nSPS) is 12.2. The Morgan fingerprint density at radius 1 is 0.906 bits per heavy atom. The van der Waals surface area contributed by atoms with E-state index in [4.69, 9.17) is 14.2 Å². The second kappa shape index (κ2) is 11.9. The van der Waals surface area contributed by atoms with Crippen molar-refractivity contribution >= 4 is 15.0 Å². The molecule has 4 nitrogen and oxygen atoms in total. The highest BCUT2D eigenvalue weighted by atomic mass is 31.1. The average molecular weight is 453 g/mol. The van der Waals surface area contributed by atoms with E-state index < -0.39 is 21.1 Å². The molecule has 0 amide bonds. The summed E-state index contributed by atoms with van der Waals surface area (Å²) in [7, 11) is -0.728. The Labute approximate surface area is 193 Å². The molecule has 0 saturated heterocycles. The maximum Gasteiger partial charge on any atom is 0.340 e. The Morgan fingerprint density at radius 2 is 1.41 bits per heavy atom. The number of rotatable bonds is 5. The van der Waals surface area contributed by atoms with Gasteiger partial charge in [0.15, 0.2) is 15.1 Å². The largest absolute Gasteiger partial charge is 0.424 e. The quantitative estimate of drug-likeness (QED) is 0.264. The van der Waals surface area contributed by atoms with Gasteiger partial charge in [-0.15, -0.1) is 0 Å². The molecule has 1 N–H and O–H groups in total. The summed E-state index contributed by atoms with van der Waals surface area (Å²) < 4.78 is 10.4. The second-order valence-electron chi connectivity index (χ2n) is 8.71. The number of benzene rings is 3. The Bertz CT molecular complexity index is 958. The maximum absolute atomic E-state index is 12.0. The Hall–Kier alpha value is -2.52. The molecule has 32 heavy (non-hydrogen) atoms. The van der Waals surface area contributed by atoms with Crippen LogP contribution in [-0.2, 0) is 14.7 Å². The summed E-state index contributed by atoms with van der Waals surface area (Å²) in [5, 5.41) is 0. The molecule has 0 heterocycles. The molecule has 0 radical (unpaired) electrons. The standard InChI is InChI=1S/C15H23O4P.C12H10/c1-9-7-10(2)13(12(8-9)15(4,5)6)18-14(16)11(3)19-20-17;1-3-7-11(8-4-1)12-9-5-2-6-10-12/h7-8,11,17,20H,1-6H3;1-10H. The summed E-state index contributed by atoms with van der Waals surface area (Å²) in [6.45, 7) is 11.7. The lowest BCUT2D eigenvalue weighted by atomic mass is 9.84. The third kappa shape index (κ3) is 7.56. The van der Waals surface area contributed by atoms with E-state index in [0.29, 0.717) is 5.75 Å². The molecular weight excluding hydrogens is 419 g/mol. The van der Waals surface area contributed by atoms with Crippen molar-refractivity contribution in [3.05, 3.63) is 89.5 Å². The van der Waals surface area contributed by atoms with Crippen LogP contribution >= 0.6 is 9.03 Å². The molecule has 0 fully saturated rings. The number of ether oxygens (including phenoxy) is 1. The Balaban J connectivity index is 0.000000255. The first-order valence-electron chi connectivity index (χ1n) is 10.6. The van der Waals surface area contributed by atoms with Gasteiger partial charge in [0.2, 0.25) is 0 Å². The van der Waals surface area contributed by atoms with Crippen LogP contribution in [0.4, 0.5) is 0 Å². The molecular formula is C27H33O4P. The lowest BCUT2D eigenvalue weighted by molar-refractivity contribution is -0.141. The van der Waals surface area contributed by atoms with Crippen LogP contribution in [0.3, 0.4) is 0 Å². The topological polar surface area (TPSA) is 55.8 Å². The van der Waals surface area contributed by atoms with E-state index in [1.807, 2.05) is 38.1 Å². The molecule has 0 aliphatic heterocycles. The van der Waals surface area contributed by atoms with Crippen molar-refractivity contribution in [1.82, 2.24) is 0 Å². The first-order chi connectivity index (χ1) is 15.1. The van der Waals surface area contributed by atoms with Crippen LogP contribution in [0.5, 0.6) is 5.75 Å². The molecule has 0 saturated carbocycles. The first kappa shape index (κ1) is 25.7. The minimum Gasteiger partial charge on any atom is -0.424 e. The number of hydrogen-bond donors (Lipinski definition) is 1. The van der Waals surface area contributed by atoms with E-state index >= 15 is 0 Å². The molecule has 0 aliphatic carbocycles. The summed E-state index contributed by atoms with van der Waals surface area (Å²) in [5.74, 6) is 0.0915. The van der Waals surface area contributed by atoms with E-state index in [9.17, 15) is 4.79 Å². The Kier molecular flexibility index (Phi) is 9.59. The third-order valence-electron chi connectivity index (χ3n) is 4.87. The highest BCUT2D eigenvalue weighted by Gasteiger charge is 2.24. The number of carbonyl (C=O) groups excluding carboxylic acids is 1. The summed E-state index contributed by atoms with van der Waals surface area (Å²) >= 11 is 0. The third-order valence-corrected chi connectivity index (χ3v) is 5.33. The molecule has 3 rings (SSSR count). The van der Waals surface area contributed by atoms with Gasteiger partial charge in [0, 0.05) is 5.56 Å². The molecule has 2 unspecified atom stereocenters. The highest BCUT2D eigenvalue weighted by Crippen LogP contribution is 2.35. The van der Waals surface area contributed by atoms with Crippen LogP contribution < -0.4 is 4.74 Å². The van der Waals surface area contributed by atoms with Crippen LogP contribution in [0.25, 0.3) is 11.1 Å². The zero-order chi connectivity index (χ0) is 23.7. The summed E-state index contributed by atoms with van der Waals surface area (Å²) in [5.41, 5.74) is 5.46. The predicted molar refractivity (Wildman–Crippen MR) is 133 cm³/mol. The van der Waals surface area contributed by atoms with Gasteiger partial charge in [0.1, 0.15) is 5.75 Å². The molecule has 5 heteroatoms. The number of aryl methyl sites for hydroxylation is 2. The molecule has 0 spiro atoms. The minimum atomic E-state index is -0.785. The number of hydrogen-bond acceptors (Lipinski definition) is 4. The van der Waals surface area contributed by atoms with E-state index in [1.54, 1.807) is 6.92 Å². The van der Waals surface area contributed by atoms with Gasteiger partial charge in [-0.3, -0.25) is 0 Å². The van der Waals surface area contributed by atoms with Gasteiger partial charge in [0.05, 0.1) is 0 Å². The van der Waals surface area contributed by atoms with Crippen molar-refractivity contribution in [3.63, 3.8) is 0 Å². The van der Waals surface area contributed by atoms with Gasteiger partial charge in [-0.1, -0.05) is 99.1 Å². The summed E-state index contributed by atoms with van der Waals surface area (Å²) in [6.07, 6.45) is -0.785. The lowest BCUT2D eigenvalue weighted by Gasteiger charge is -2.25. The molecule has 3 aromatic rings. The SMILES string of the molecule is Cc1cc(C)c(OC(=O)C(C)OPO)c(C(C)(C)C)c1.c1ccc(-c2ccccc2)cc1. The number of carbonyl (C=O) groups is 1. The summed E-state index contributed by atoms with van der Waals surface area (Å²) in [4.78, 5) is 20.7. The molecule has 3 aromatic carbocycles. The Morgan fingerprint density at radius 3 is 1.84 bits per heavy atom. The van der Waals surface area contributed by atoms with E-state index in [-0.39, 0.29) is 5.41 Å². The fourth-order valence-corrected chi connectivity index (χ4v) is 3.47. The van der Waals surface area contributed by atoms with Gasteiger partial charge in [-0.25, -0.2) is 4.79 Å². The monoisotopic (exact) mass is 452 g/mol. The fourth-order valence-electron chi connectivity index (χ4n) is 3.22. The molecule has 0 aromatic heterocycles. The smallest absolute Gasteiger partial charge is 0.340 e. The van der Waals surface area contributed by atoms with Crippen LogP contribution in [0.1, 0.15) is 44.4 Å². The van der Waals surface area contributed by atoms with Gasteiger partial charge >= 0.3 is 5.97 Å². The van der Waals surface area contributed by atoms with Gasteiger partial charge in [-0.2, -0.15) is 0 Å². The number of esters is 1. The fraction of sp³-hybridized carbons (Fsp3) is 0.296. The van der Waals surface area contributed by atoms with Crippen LogP contribution in [0.2, 0.25) is 0 Å². The van der Waals surface area contributed by atoms with Crippen molar-refractivity contribution in [2.45, 2.75) is 53.1 Å². The van der Waals surface area contributed by atoms with Crippen LogP contribution in [-0.4, -0.2) is 17.0 Å². The lowest BCUT2D eigenvalue weighted by Crippen LogP contribution is -2.25. The molecule has 2 atom stereocenters. The second-order valence-corrected chi connectivity index (χ2v) is 9.13. The van der Waals surface area contributed by atoms with E-state index in [1.165, 1.54) is 11.1 Å². The molecule has 0 aliphatic rings. The highest BCUT2D eigenvalue weighted by molar-refractivity contribution is 7.25. The van der Waals surface area contributed by atoms with Gasteiger partial charge < -0.3 is 14.2 Å². The average Bonchev–Trinajstić information content (AvgIpc) is 2.76. The van der Waals surface area contributed by atoms with Crippen LogP contribution in [0, 0.1) is 13.8 Å². The zero-order valence-electron chi connectivity index (χ0n) is 19.7. The van der Waals surface area contributed by atoms with Crippen molar-refractivity contribution in [3.8, 4) is 16.9 Å². The van der Waals surface area contributed by atoms with Gasteiger partial charge in [0.25, 0.3) is 0 Å². The molecule has 0 bridgehead atoms.